The summed E-state index contributed by atoms with van der Waals surface area (Å²) in [5.74, 6) is -0.496. The predicted octanol–water partition coefficient (Wildman–Crippen LogP) is 3.96. The van der Waals surface area contributed by atoms with E-state index in [0.29, 0.717) is 12.1 Å². The van der Waals surface area contributed by atoms with Crippen molar-refractivity contribution >= 4 is 11.6 Å². The molecule has 29 heavy (non-hydrogen) atoms. The van der Waals surface area contributed by atoms with E-state index < -0.39 is 17.6 Å². The normalized spacial score (nSPS) is 11.9. The fourth-order valence-corrected chi connectivity index (χ4v) is 2.77. The summed E-state index contributed by atoms with van der Waals surface area (Å²) >= 11 is 0. The van der Waals surface area contributed by atoms with Gasteiger partial charge in [0, 0.05) is 37.2 Å². The topological polar surface area (TPSA) is 48.5 Å². The first kappa shape index (κ1) is 22.8. The summed E-state index contributed by atoms with van der Waals surface area (Å²) in [6.45, 7) is 5.19. The summed E-state index contributed by atoms with van der Waals surface area (Å²) < 4.78 is 40.8. The van der Waals surface area contributed by atoms with Crippen LogP contribution in [0, 0.1) is 13.8 Å². The molecule has 1 aromatic heterocycles. The number of benzene rings is 1. The zero-order valence-corrected chi connectivity index (χ0v) is 17.4. The lowest BCUT2D eigenvalue weighted by molar-refractivity contribution is -0.138. The van der Waals surface area contributed by atoms with Crippen LogP contribution in [0.1, 0.15) is 32.7 Å². The fourth-order valence-electron chi connectivity index (χ4n) is 2.77. The van der Waals surface area contributed by atoms with E-state index in [1.807, 2.05) is 37.7 Å². The maximum Gasteiger partial charge on any atom is 0.416 e. The third-order valence-corrected chi connectivity index (χ3v) is 4.64. The van der Waals surface area contributed by atoms with Gasteiger partial charge in [-0.3, -0.25) is 9.78 Å². The first-order valence-electron chi connectivity index (χ1n) is 9.25. The maximum atomic E-state index is 13.6. The summed E-state index contributed by atoms with van der Waals surface area (Å²) in [7, 11) is 5.61. The van der Waals surface area contributed by atoms with Crippen molar-refractivity contribution in [2.75, 3.05) is 39.5 Å². The highest BCUT2D eigenvalue weighted by molar-refractivity contribution is 6.04. The van der Waals surface area contributed by atoms with Crippen LogP contribution in [0.5, 0.6) is 0 Å². The van der Waals surface area contributed by atoms with Crippen LogP contribution in [0.25, 0.3) is 0 Å². The summed E-state index contributed by atoms with van der Waals surface area (Å²) in [4.78, 5) is 20.3. The lowest BCUT2D eigenvalue weighted by Gasteiger charge is -2.22. The Morgan fingerprint density at radius 1 is 1.10 bits per heavy atom. The number of likely N-dealkylation sites (N-methyl/N-ethyl adjacent to an activating group) is 2. The second-order valence-corrected chi connectivity index (χ2v) is 7.49. The number of anilines is 1. The average molecular weight is 408 g/mol. The lowest BCUT2D eigenvalue weighted by Crippen LogP contribution is -2.29. The van der Waals surface area contributed by atoms with Gasteiger partial charge in [-0.25, -0.2) is 0 Å². The number of pyridine rings is 1. The average Bonchev–Trinajstić information content (AvgIpc) is 2.62. The number of carbonyl (C=O) groups excluding carboxylic acids is 1. The number of hydrogen-bond donors (Lipinski definition) is 1. The highest BCUT2D eigenvalue weighted by Crippen LogP contribution is 2.34. The van der Waals surface area contributed by atoms with Crippen molar-refractivity contribution < 1.29 is 18.0 Å². The number of halogens is 3. The Balaban J connectivity index is 2.21. The third kappa shape index (κ3) is 6.54. The van der Waals surface area contributed by atoms with Gasteiger partial charge >= 0.3 is 6.18 Å². The standard InChI is InChI=1S/C21H27F3N4O/c1-14-10-17(12-25-15(14)2)20(29)26-18-7-6-16(19(11-18)21(22,23)24)13-28(5)9-8-27(3)4/h6-7,10-12H,8-9,13H2,1-5H3,(H,26,29). The quantitative estimate of drug-likeness (QED) is 0.753. The molecule has 158 valence electrons. The molecule has 2 rings (SSSR count). The largest absolute Gasteiger partial charge is 0.416 e. The Kier molecular flexibility index (Phi) is 7.37. The monoisotopic (exact) mass is 408 g/mol. The zero-order valence-electron chi connectivity index (χ0n) is 17.4. The molecule has 0 spiro atoms. The molecule has 1 N–H and O–H groups in total. The van der Waals surface area contributed by atoms with Crippen LogP contribution >= 0.6 is 0 Å². The summed E-state index contributed by atoms with van der Waals surface area (Å²) in [5, 5.41) is 2.54. The van der Waals surface area contributed by atoms with Gasteiger partial charge < -0.3 is 15.1 Å². The van der Waals surface area contributed by atoms with Gasteiger partial charge in [-0.05, 0) is 64.3 Å². The second kappa shape index (κ2) is 9.37. The molecule has 0 radical (unpaired) electrons. The molecule has 0 aliphatic heterocycles. The number of aromatic nitrogens is 1. The van der Waals surface area contributed by atoms with Crippen LogP contribution < -0.4 is 5.32 Å². The molecule has 0 unspecified atom stereocenters. The van der Waals surface area contributed by atoms with E-state index in [2.05, 4.69) is 10.3 Å². The molecule has 0 atom stereocenters. The molecule has 0 aliphatic rings. The molecule has 0 fully saturated rings. The Hall–Kier alpha value is -2.45. The van der Waals surface area contributed by atoms with Gasteiger partial charge in [0.25, 0.3) is 5.91 Å². The third-order valence-electron chi connectivity index (χ3n) is 4.64. The molecular formula is C21H27F3N4O. The van der Waals surface area contributed by atoms with Crippen LogP contribution in [-0.4, -0.2) is 54.9 Å². The van der Waals surface area contributed by atoms with Gasteiger partial charge in [0.1, 0.15) is 0 Å². The van der Waals surface area contributed by atoms with Crippen LogP contribution in [0.2, 0.25) is 0 Å². The summed E-state index contributed by atoms with van der Waals surface area (Å²) in [6, 6.07) is 5.57. The molecule has 0 aliphatic carbocycles. The highest BCUT2D eigenvalue weighted by atomic mass is 19.4. The van der Waals surface area contributed by atoms with E-state index >= 15 is 0 Å². The SMILES string of the molecule is Cc1cc(C(=O)Nc2ccc(CN(C)CCN(C)C)c(C(F)(F)F)c2)cnc1C. The van der Waals surface area contributed by atoms with E-state index in [9.17, 15) is 18.0 Å². The van der Waals surface area contributed by atoms with Crippen molar-refractivity contribution in [2.45, 2.75) is 26.6 Å². The molecule has 2 aromatic rings. The van der Waals surface area contributed by atoms with E-state index in [0.717, 1.165) is 23.9 Å². The number of alkyl halides is 3. The molecule has 0 bridgehead atoms. The van der Waals surface area contributed by atoms with Crippen LogP contribution in [-0.2, 0) is 12.7 Å². The molecule has 8 heteroatoms. The predicted molar refractivity (Wildman–Crippen MR) is 108 cm³/mol. The molecule has 5 nitrogen and oxygen atoms in total. The van der Waals surface area contributed by atoms with Gasteiger partial charge in [-0.2, -0.15) is 13.2 Å². The Bertz CT molecular complexity index is 865. The maximum absolute atomic E-state index is 13.6. The first-order valence-corrected chi connectivity index (χ1v) is 9.25. The van der Waals surface area contributed by atoms with Gasteiger partial charge in [0.05, 0.1) is 11.1 Å². The molecule has 1 heterocycles. The first-order chi connectivity index (χ1) is 13.5. The molecule has 1 aromatic carbocycles. The number of rotatable bonds is 7. The van der Waals surface area contributed by atoms with E-state index in [-0.39, 0.29) is 17.8 Å². The highest BCUT2D eigenvalue weighted by Gasteiger charge is 2.34. The fraction of sp³-hybridized carbons (Fsp3) is 0.429. The van der Waals surface area contributed by atoms with Gasteiger partial charge in [0.2, 0.25) is 0 Å². The van der Waals surface area contributed by atoms with Crippen molar-refractivity contribution in [1.29, 1.82) is 0 Å². The van der Waals surface area contributed by atoms with Crippen molar-refractivity contribution in [1.82, 2.24) is 14.8 Å². The minimum atomic E-state index is -4.51. The van der Waals surface area contributed by atoms with E-state index in [1.165, 1.54) is 18.3 Å². The molecular weight excluding hydrogens is 381 g/mol. The van der Waals surface area contributed by atoms with Gasteiger partial charge in [0.15, 0.2) is 0 Å². The number of hydrogen-bond acceptors (Lipinski definition) is 4. The van der Waals surface area contributed by atoms with Crippen LogP contribution in [0.15, 0.2) is 30.5 Å². The van der Waals surface area contributed by atoms with Crippen molar-refractivity contribution in [3.05, 3.63) is 58.4 Å². The molecule has 1 amide bonds. The zero-order chi connectivity index (χ0) is 21.8. The smallest absolute Gasteiger partial charge is 0.322 e. The Morgan fingerprint density at radius 2 is 1.79 bits per heavy atom. The minimum Gasteiger partial charge on any atom is -0.322 e. The van der Waals surface area contributed by atoms with Gasteiger partial charge in [-0.15, -0.1) is 0 Å². The number of nitrogens with zero attached hydrogens (tertiary/aromatic N) is 3. The number of amides is 1. The number of aryl methyl sites for hydroxylation is 2. The molecule has 0 saturated carbocycles. The van der Waals surface area contributed by atoms with Crippen molar-refractivity contribution in [3.8, 4) is 0 Å². The van der Waals surface area contributed by atoms with Crippen LogP contribution in [0.4, 0.5) is 18.9 Å². The molecule has 0 saturated heterocycles. The van der Waals surface area contributed by atoms with Crippen LogP contribution in [0.3, 0.4) is 0 Å². The van der Waals surface area contributed by atoms with Crippen molar-refractivity contribution in [3.63, 3.8) is 0 Å². The summed E-state index contributed by atoms with van der Waals surface area (Å²) in [5.41, 5.74) is 1.46. The van der Waals surface area contributed by atoms with E-state index in [1.54, 1.807) is 13.1 Å². The van der Waals surface area contributed by atoms with Crippen molar-refractivity contribution in [2.24, 2.45) is 0 Å². The second-order valence-electron chi connectivity index (χ2n) is 7.49. The number of nitrogens with one attached hydrogen (secondary N) is 1. The van der Waals surface area contributed by atoms with Gasteiger partial charge in [-0.1, -0.05) is 6.07 Å². The Morgan fingerprint density at radius 3 is 2.38 bits per heavy atom. The Labute approximate surface area is 169 Å². The van der Waals surface area contributed by atoms with E-state index in [4.69, 9.17) is 0 Å². The summed E-state index contributed by atoms with van der Waals surface area (Å²) in [6.07, 6.45) is -3.10. The lowest BCUT2D eigenvalue weighted by atomic mass is 10.0. The number of carbonyl (C=O) groups is 1. The minimum absolute atomic E-state index is 0.0975.